The molecule has 4 heteroatoms. The zero-order valence-corrected chi connectivity index (χ0v) is 10.2. The highest BCUT2D eigenvalue weighted by Gasteiger charge is 2.20. The van der Waals surface area contributed by atoms with E-state index >= 15 is 0 Å². The van der Waals surface area contributed by atoms with Crippen molar-refractivity contribution in [3.8, 4) is 0 Å². The highest BCUT2D eigenvalue weighted by molar-refractivity contribution is 5.82. The van der Waals surface area contributed by atoms with Crippen molar-refractivity contribution in [1.82, 2.24) is 4.98 Å². The number of anilines is 1. The first kappa shape index (κ1) is 11.4. The molecule has 2 heterocycles. The number of rotatable bonds is 2. The van der Waals surface area contributed by atoms with Gasteiger partial charge in [-0.25, -0.2) is 0 Å². The first-order valence-corrected chi connectivity index (χ1v) is 6.32. The maximum absolute atomic E-state index is 5.62. The Labute approximate surface area is 106 Å². The standard InChI is InChI=1S/C14H17N3O/c15-17-13-8-10-4-1-2-6-12(10)16-14(13)11-5-3-7-18-9-11/h1-2,4,6,8,11,17H,3,5,7,9,15H2. The predicted octanol–water partition coefficient (Wildman–Crippen LogP) is 2.41. The van der Waals surface area contributed by atoms with Crippen LogP contribution in [0.25, 0.3) is 10.9 Å². The van der Waals surface area contributed by atoms with Crippen molar-refractivity contribution in [2.75, 3.05) is 18.6 Å². The van der Waals surface area contributed by atoms with Crippen molar-refractivity contribution >= 4 is 16.6 Å². The third-order valence-corrected chi connectivity index (χ3v) is 3.46. The van der Waals surface area contributed by atoms with Gasteiger partial charge in [-0.1, -0.05) is 18.2 Å². The van der Waals surface area contributed by atoms with Crippen LogP contribution in [0.1, 0.15) is 24.5 Å². The van der Waals surface area contributed by atoms with Gasteiger partial charge in [-0.05, 0) is 25.0 Å². The lowest BCUT2D eigenvalue weighted by atomic mass is 9.96. The molecule has 0 spiro atoms. The Kier molecular flexibility index (Phi) is 3.13. The van der Waals surface area contributed by atoms with E-state index in [1.165, 1.54) is 0 Å². The minimum Gasteiger partial charge on any atom is -0.381 e. The number of nitrogens with one attached hydrogen (secondary N) is 1. The van der Waals surface area contributed by atoms with Crippen molar-refractivity contribution in [3.05, 3.63) is 36.0 Å². The number of benzene rings is 1. The van der Waals surface area contributed by atoms with Crippen LogP contribution in [0.4, 0.5) is 5.69 Å². The number of para-hydroxylation sites is 1. The smallest absolute Gasteiger partial charge is 0.0711 e. The third-order valence-electron chi connectivity index (χ3n) is 3.46. The number of fused-ring (bicyclic) bond motifs is 1. The summed E-state index contributed by atoms with van der Waals surface area (Å²) in [6.07, 6.45) is 2.20. The zero-order chi connectivity index (χ0) is 12.4. The summed E-state index contributed by atoms with van der Waals surface area (Å²) in [4.78, 5) is 4.75. The molecule has 0 saturated carbocycles. The van der Waals surface area contributed by atoms with Crippen molar-refractivity contribution in [2.45, 2.75) is 18.8 Å². The van der Waals surface area contributed by atoms with E-state index in [1.807, 2.05) is 24.3 Å². The summed E-state index contributed by atoms with van der Waals surface area (Å²) in [7, 11) is 0. The van der Waals surface area contributed by atoms with E-state index in [0.29, 0.717) is 5.92 Å². The fraction of sp³-hybridized carbons (Fsp3) is 0.357. The molecule has 1 unspecified atom stereocenters. The number of pyridine rings is 1. The van der Waals surface area contributed by atoms with Crippen LogP contribution in [-0.4, -0.2) is 18.2 Å². The van der Waals surface area contributed by atoms with Gasteiger partial charge in [0.1, 0.15) is 0 Å². The van der Waals surface area contributed by atoms with Crippen molar-refractivity contribution in [2.24, 2.45) is 5.84 Å². The van der Waals surface area contributed by atoms with Gasteiger partial charge >= 0.3 is 0 Å². The molecule has 1 aliphatic heterocycles. The van der Waals surface area contributed by atoms with Crippen LogP contribution in [-0.2, 0) is 4.74 Å². The summed E-state index contributed by atoms with van der Waals surface area (Å²) in [6.45, 7) is 1.59. The Morgan fingerprint density at radius 1 is 1.33 bits per heavy atom. The first-order valence-electron chi connectivity index (χ1n) is 6.32. The molecule has 1 atom stereocenters. The Bertz CT molecular complexity index is 550. The van der Waals surface area contributed by atoms with Crippen LogP contribution in [0.3, 0.4) is 0 Å². The number of nitrogens with two attached hydrogens (primary N) is 1. The van der Waals surface area contributed by atoms with Crippen LogP contribution in [0, 0.1) is 0 Å². The number of hydrogen-bond donors (Lipinski definition) is 2. The van der Waals surface area contributed by atoms with Gasteiger partial charge in [-0.2, -0.15) is 0 Å². The van der Waals surface area contributed by atoms with Crippen LogP contribution < -0.4 is 11.3 Å². The molecule has 0 amide bonds. The minimum atomic E-state index is 0.342. The molecule has 1 saturated heterocycles. The van der Waals surface area contributed by atoms with E-state index in [1.54, 1.807) is 0 Å². The van der Waals surface area contributed by atoms with Gasteiger partial charge < -0.3 is 10.2 Å². The van der Waals surface area contributed by atoms with Crippen LogP contribution in [0.15, 0.2) is 30.3 Å². The van der Waals surface area contributed by atoms with E-state index in [9.17, 15) is 0 Å². The van der Waals surface area contributed by atoms with Crippen LogP contribution in [0.2, 0.25) is 0 Å². The number of aromatic nitrogens is 1. The van der Waals surface area contributed by atoms with E-state index in [2.05, 4.69) is 11.5 Å². The fourth-order valence-corrected chi connectivity index (χ4v) is 2.51. The Hall–Kier alpha value is -1.65. The number of hydrogen-bond acceptors (Lipinski definition) is 4. The summed E-state index contributed by atoms with van der Waals surface area (Å²) in [5, 5.41) is 1.10. The largest absolute Gasteiger partial charge is 0.381 e. The molecule has 4 nitrogen and oxygen atoms in total. The summed E-state index contributed by atoms with van der Waals surface area (Å²) in [5.41, 5.74) is 5.71. The van der Waals surface area contributed by atoms with Crippen molar-refractivity contribution in [3.63, 3.8) is 0 Å². The zero-order valence-electron chi connectivity index (χ0n) is 10.2. The van der Waals surface area contributed by atoms with E-state index in [-0.39, 0.29) is 0 Å². The quantitative estimate of drug-likeness (QED) is 0.628. The fourth-order valence-electron chi connectivity index (χ4n) is 2.51. The summed E-state index contributed by atoms with van der Waals surface area (Å²) >= 11 is 0. The third kappa shape index (κ3) is 2.05. The van der Waals surface area contributed by atoms with Gasteiger partial charge in [-0.15, -0.1) is 0 Å². The normalized spacial score (nSPS) is 19.9. The van der Waals surface area contributed by atoms with E-state index in [4.69, 9.17) is 15.6 Å². The van der Waals surface area contributed by atoms with Gasteiger partial charge in [0.2, 0.25) is 0 Å². The second-order valence-corrected chi connectivity index (χ2v) is 4.67. The molecule has 3 rings (SSSR count). The lowest BCUT2D eigenvalue weighted by Gasteiger charge is -2.23. The molecule has 0 aliphatic carbocycles. The lowest BCUT2D eigenvalue weighted by Crippen LogP contribution is -2.19. The average Bonchev–Trinajstić information content (AvgIpc) is 2.46. The van der Waals surface area contributed by atoms with E-state index < -0.39 is 0 Å². The van der Waals surface area contributed by atoms with Crippen LogP contribution >= 0.6 is 0 Å². The number of ether oxygens (including phenoxy) is 1. The van der Waals surface area contributed by atoms with E-state index in [0.717, 1.165) is 48.3 Å². The minimum absolute atomic E-state index is 0.342. The van der Waals surface area contributed by atoms with Crippen LogP contribution in [0.5, 0.6) is 0 Å². The van der Waals surface area contributed by atoms with Crippen molar-refractivity contribution in [1.29, 1.82) is 0 Å². The molecular weight excluding hydrogens is 226 g/mol. The highest BCUT2D eigenvalue weighted by Crippen LogP contribution is 2.31. The van der Waals surface area contributed by atoms with Gasteiger partial charge in [-0.3, -0.25) is 10.8 Å². The number of nitrogens with zero attached hydrogens (tertiary/aromatic N) is 1. The van der Waals surface area contributed by atoms with Gasteiger partial charge in [0.05, 0.1) is 23.5 Å². The maximum atomic E-state index is 5.62. The monoisotopic (exact) mass is 243 g/mol. The molecule has 1 aromatic carbocycles. The molecule has 0 bridgehead atoms. The lowest BCUT2D eigenvalue weighted by molar-refractivity contribution is 0.0796. The first-order chi connectivity index (χ1) is 8.88. The molecule has 0 radical (unpaired) electrons. The molecule has 3 N–H and O–H groups in total. The molecule has 94 valence electrons. The summed E-state index contributed by atoms with van der Waals surface area (Å²) in [5.74, 6) is 5.96. The van der Waals surface area contributed by atoms with Gasteiger partial charge in [0, 0.05) is 17.9 Å². The number of hydrazine groups is 1. The Balaban J connectivity index is 2.08. The van der Waals surface area contributed by atoms with Crippen molar-refractivity contribution < 1.29 is 4.74 Å². The topological polar surface area (TPSA) is 60.2 Å². The number of nitrogen functional groups attached to an aromatic ring is 1. The average molecular weight is 243 g/mol. The second-order valence-electron chi connectivity index (χ2n) is 4.67. The maximum Gasteiger partial charge on any atom is 0.0711 e. The summed E-state index contributed by atoms with van der Waals surface area (Å²) in [6, 6.07) is 10.2. The molecule has 18 heavy (non-hydrogen) atoms. The van der Waals surface area contributed by atoms with Gasteiger partial charge in [0.15, 0.2) is 0 Å². The SMILES string of the molecule is NNc1cc2ccccc2nc1C1CCCOC1. The molecule has 2 aromatic rings. The Morgan fingerprint density at radius 3 is 3.00 bits per heavy atom. The van der Waals surface area contributed by atoms with Gasteiger partial charge in [0.25, 0.3) is 0 Å². The molecule has 1 fully saturated rings. The molecule has 1 aliphatic rings. The highest BCUT2D eigenvalue weighted by atomic mass is 16.5. The Morgan fingerprint density at radius 2 is 2.22 bits per heavy atom. The molecule has 1 aromatic heterocycles. The predicted molar refractivity (Wildman–Crippen MR) is 72.3 cm³/mol. The second kappa shape index (κ2) is 4.92. The molecular formula is C14H17N3O. The summed E-state index contributed by atoms with van der Waals surface area (Å²) < 4.78 is 5.54.